The van der Waals surface area contributed by atoms with Gasteiger partial charge in [0.1, 0.15) is 0 Å². The molecular weight excluding hydrogens is 668 g/mol. The molecule has 3 aromatic carbocycles. The van der Waals surface area contributed by atoms with Crippen LogP contribution >= 0.6 is 17.2 Å². The zero-order valence-electron chi connectivity index (χ0n) is 32.7. The third-order valence-corrected chi connectivity index (χ3v) is 17.7. The third kappa shape index (κ3) is 15.5. The van der Waals surface area contributed by atoms with Crippen LogP contribution in [0.25, 0.3) is 0 Å². The summed E-state index contributed by atoms with van der Waals surface area (Å²) in [6.07, 6.45) is 28.5. The van der Waals surface area contributed by atoms with Crippen molar-refractivity contribution in [2.45, 2.75) is 136 Å². The van der Waals surface area contributed by atoms with Crippen LogP contribution in [0.3, 0.4) is 0 Å². The van der Waals surface area contributed by atoms with Crippen LogP contribution in [0.2, 0.25) is 0 Å². The number of quaternary nitrogens is 1. The first-order chi connectivity index (χ1) is 23.9. The normalized spacial score (nSPS) is 12.2. The summed E-state index contributed by atoms with van der Waals surface area (Å²) in [5, 5.41) is 3.53. The molecule has 0 atom stereocenters. The molecule has 0 aliphatic heterocycles. The molecule has 0 radical (unpaired) electrons. The minimum atomic E-state index is -3.08. The Morgan fingerprint density at radius 2 is 0.740 bits per heavy atom. The molecule has 0 bridgehead atoms. The van der Waals surface area contributed by atoms with Crippen LogP contribution in [0.15, 0.2) is 104 Å². The van der Waals surface area contributed by atoms with Crippen LogP contribution in [0.5, 0.6) is 0 Å². The molecule has 1 nitrogen and oxygen atoms in total. The molecule has 0 spiro atoms. The first-order valence-electron chi connectivity index (χ1n) is 20.2. The van der Waals surface area contributed by atoms with Crippen molar-refractivity contribution in [1.82, 2.24) is 0 Å². The average Bonchev–Trinajstić information content (AvgIpc) is 3.14. The Bertz CT molecular complexity index is 1080. The van der Waals surface area contributed by atoms with Crippen molar-refractivity contribution in [3.05, 3.63) is 104 Å². The fourth-order valence-corrected chi connectivity index (χ4v) is 13.1. The van der Waals surface area contributed by atoms with E-state index in [-0.39, 0.29) is 12.4 Å². The largest absolute Gasteiger partial charge is 1.00 e. The predicted molar refractivity (Wildman–Crippen MR) is 227 cm³/mol. The monoisotopic (exact) mass is 741 g/mol. The molecule has 0 aliphatic rings. The van der Waals surface area contributed by atoms with E-state index in [1.165, 1.54) is 156 Å². The van der Waals surface area contributed by atoms with Gasteiger partial charge >= 0.3 is 143 Å². The van der Waals surface area contributed by atoms with Gasteiger partial charge in [-0.05, 0) is 38.5 Å². The second-order valence-electron chi connectivity index (χ2n) is 14.8. The summed E-state index contributed by atoms with van der Waals surface area (Å²) in [7, 11) is 2.56. The summed E-state index contributed by atoms with van der Waals surface area (Å²) in [5.74, 6) is -3.08. The van der Waals surface area contributed by atoms with Crippen molar-refractivity contribution < 1.29 is 16.9 Å². The first kappa shape index (κ1) is 46.4. The van der Waals surface area contributed by atoms with E-state index in [9.17, 15) is 0 Å². The molecule has 0 N–H and O–H groups in total. The predicted octanol–water partition coefficient (Wildman–Crippen LogP) is 10.4. The molecule has 0 fully saturated rings. The molecule has 0 heterocycles. The molecular formula is C46H74Cl2NP. The number of allylic oxidation sites excluding steroid dienone is 1. The molecule has 0 saturated carbocycles. The summed E-state index contributed by atoms with van der Waals surface area (Å²) in [6, 6.07) is 31.4. The molecule has 0 amide bonds. The first-order valence-corrected chi connectivity index (χ1v) is 23.5. The van der Waals surface area contributed by atoms with E-state index in [1.54, 1.807) is 0 Å². The van der Waals surface area contributed by atoms with E-state index < -0.39 is 5.96 Å². The maximum atomic E-state index is 7.73. The molecule has 0 saturated heterocycles. The number of unbranched alkanes of at least 4 members (excludes halogenated alkanes) is 15. The van der Waals surface area contributed by atoms with Gasteiger partial charge in [0.2, 0.25) is 0 Å². The average molecular weight is 743 g/mol. The van der Waals surface area contributed by atoms with Gasteiger partial charge in [-0.25, -0.2) is 0 Å². The number of nitrogens with zero attached hydrogens (tertiary/aromatic N) is 1. The second-order valence-corrected chi connectivity index (χ2v) is 21.3. The van der Waals surface area contributed by atoms with Gasteiger partial charge in [-0.15, -0.1) is 0 Å². The van der Waals surface area contributed by atoms with Crippen LogP contribution in [0.4, 0.5) is 0 Å². The number of rotatable bonds is 26. The van der Waals surface area contributed by atoms with Crippen LogP contribution in [-0.4, -0.2) is 37.3 Å². The molecule has 3 aromatic rings. The van der Waals surface area contributed by atoms with Gasteiger partial charge < -0.3 is 16.9 Å². The van der Waals surface area contributed by atoms with E-state index in [2.05, 4.69) is 107 Å². The van der Waals surface area contributed by atoms with Crippen molar-refractivity contribution in [2.75, 3.05) is 32.8 Å². The fraction of sp³-hybridized carbons (Fsp3) is 0.565. The maximum Gasteiger partial charge on any atom is 0.0784 e. The van der Waals surface area contributed by atoms with Crippen molar-refractivity contribution >= 4 is 33.1 Å². The van der Waals surface area contributed by atoms with Gasteiger partial charge in [0.15, 0.2) is 0 Å². The van der Waals surface area contributed by atoms with Crippen molar-refractivity contribution in [1.29, 1.82) is 0 Å². The van der Waals surface area contributed by atoms with Crippen LogP contribution in [0, 0.1) is 0 Å². The van der Waals surface area contributed by atoms with Gasteiger partial charge in [-0.3, -0.25) is 0 Å². The van der Waals surface area contributed by atoms with Gasteiger partial charge in [0, 0.05) is 0 Å². The Morgan fingerprint density at radius 1 is 0.480 bits per heavy atom. The van der Waals surface area contributed by atoms with E-state index in [1.807, 2.05) is 24.3 Å². The molecule has 4 heteroatoms. The topological polar surface area (TPSA) is 0 Å². The molecule has 282 valence electrons. The maximum absolute atomic E-state index is 7.73. The molecule has 3 rings (SSSR count). The number of benzene rings is 3. The fourth-order valence-electron chi connectivity index (χ4n) is 7.38. The van der Waals surface area contributed by atoms with E-state index in [0.717, 1.165) is 6.16 Å². The SMILES string of the molecule is C=CCP(Cl)(c1ccccc1)(c1ccccc1)c1ccccc1.CCCCCCCC[N+](C)(CCCCCCCC)CCCCCCCC.[Cl-]. The number of hydrogen-bond donors (Lipinski definition) is 0. The Morgan fingerprint density at radius 3 is 1.00 bits per heavy atom. The van der Waals surface area contributed by atoms with Crippen molar-refractivity contribution in [3.63, 3.8) is 0 Å². The Hall–Kier alpha value is -1.63. The second kappa shape index (κ2) is 27.0. The molecule has 50 heavy (non-hydrogen) atoms. The van der Waals surface area contributed by atoms with Gasteiger partial charge in [-0.1, -0.05) is 97.8 Å². The van der Waals surface area contributed by atoms with E-state index in [4.69, 9.17) is 11.2 Å². The smallest absolute Gasteiger partial charge is 0.0784 e. The summed E-state index contributed by atoms with van der Waals surface area (Å²) in [5.41, 5.74) is 0. The van der Waals surface area contributed by atoms with Crippen molar-refractivity contribution in [2.24, 2.45) is 0 Å². The van der Waals surface area contributed by atoms with Gasteiger partial charge in [0.05, 0.1) is 26.7 Å². The standard InChI is InChI=1S/C25H54N.C21H20ClP.ClH/c1-5-8-11-14-17-20-23-26(4,24-21-18-15-12-9-6-2)25-22-19-16-13-10-7-3;1-2-18-23(22,19-12-6-3-7-13-19,20-14-8-4-9-15-20)21-16-10-5-11-17-21;/h5-25H2,1-4H3;2-17H,1,18H2;1H/q+1;;/p-1. The quantitative estimate of drug-likeness (QED) is 0.0333. The number of hydrogen-bond acceptors (Lipinski definition) is 0. The Balaban J connectivity index is 0.000000492. The Kier molecular flexibility index (Phi) is 25.1. The summed E-state index contributed by atoms with van der Waals surface area (Å²) < 4.78 is 1.36. The van der Waals surface area contributed by atoms with Crippen LogP contribution in [-0.2, 0) is 0 Å². The Labute approximate surface area is 321 Å². The summed E-state index contributed by atoms with van der Waals surface area (Å²) in [6.45, 7) is 15.2. The third-order valence-electron chi connectivity index (χ3n) is 10.5. The zero-order chi connectivity index (χ0) is 35.5. The molecule has 0 aromatic heterocycles. The number of halogens is 2. The van der Waals surface area contributed by atoms with E-state index >= 15 is 0 Å². The van der Waals surface area contributed by atoms with Crippen molar-refractivity contribution in [3.8, 4) is 0 Å². The zero-order valence-corrected chi connectivity index (χ0v) is 35.1. The van der Waals surface area contributed by atoms with Gasteiger partial charge in [-0.2, -0.15) is 0 Å². The minimum absolute atomic E-state index is 0. The van der Waals surface area contributed by atoms with Crippen LogP contribution < -0.4 is 28.3 Å². The van der Waals surface area contributed by atoms with Gasteiger partial charge in [0.25, 0.3) is 0 Å². The summed E-state index contributed by atoms with van der Waals surface area (Å²) in [4.78, 5) is 0. The molecule has 0 aliphatic carbocycles. The molecule has 0 unspecified atom stereocenters. The minimum Gasteiger partial charge on any atom is -1.00 e. The van der Waals surface area contributed by atoms with Crippen LogP contribution in [0.1, 0.15) is 136 Å². The van der Waals surface area contributed by atoms with E-state index in [0.29, 0.717) is 0 Å². The summed E-state index contributed by atoms with van der Waals surface area (Å²) >= 11 is 7.73.